The fourth-order valence-corrected chi connectivity index (χ4v) is 6.37. The van der Waals surface area contributed by atoms with Crippen LogP contribution in [-0.2, 0) is 32.6 Å². The summed E-state index contributed by atoms with van der Waals surface area (Å²) >= 11 is 0. The molecule has 5 rings (SSSR count). The molecule has 228 valence electrons. The lowest BCUT2D eigenvalue weighted by molar-refractivity contribution is -0.140. The molecular formula is C32H36FN3O6S. The third-order valence-corrected chi connectivity index (χ3v) is 8.90. The average Bonchev–Trinajstić information content (AvgIpc) is 3.51. The van der Waals surface area contributed by atoms with Crippen LogP contribution in [0.5, 0.6) is 11.5 Å². The van der Waals surface area contributed by atoms with Gasteiger partial charge in [0.15, 0.2) is 11.5 Å². The molecule has 11 heteroatoms. The van der Waals surface area contributed by atoms with E-state index in [1.165, 1.54) is 23.1 Å². The molecular weight excluding hydrogens is 573 g/mol. The number of nitrogens with one attached hydrogen (secondary N) is 1. The van der Waals surface area contributed by atoms with Gasteiger partial charge in [0.25, 0.3) is 0 Å². The first kappa shape index (κ1) is 30.3. The number of sulfonamides is 1. The molecule has 0 unspecified atom stereocenters. The molecule has 2 aliphatic rings. The predicted molar refractivity (Wildman–Crippen MR) is 161 cm³/mol. The number of rotatable bonds is 11. The Balaban J connectivity index is 1.51. The van der Waals surface area contributed by atoms with Crippen molar-refractivity contribution in [1.29, 1.82) is 0 Å². The van der Waals surface area contributed by atoms with Crippen molar-refractivity contribution >= 4 is 27.5 Å². The van der Waals surface area contributed by atoms with Crippen molar-refractivity contribution in [3.63, 3.8) is 0 Å². The number of anilines is 1. The number of carbonyl (C=O) groups excluding carboxylic acids is 2. The first-order valence-electron chi connectivity index (χ1n) is 14.4. The van der Waals surface area contributed by atoms with Gasteiger partial charge >= 0.3 is 0 Å². The number of benzene rings is 3. The quantitative estimate of drug-likeness (QED) is 0.352. The minimum Gasteiger partial charge on any atom is -0.486 e. The van der Waals surface area contributed by atoms with Gasteiger partial charge < -0.3 is 19.7 Å². The summed E-state index contributed by atoms with van der Waals surface area (Å²) in [5, 5.41) is 3.10. The van der Waals surface area contributed by atoms with Crippen LogP contribution in [0.15, 0.2) is 72.8 Å². The van der Waals surface area contributed by atoms with Crippen LogP contribution in [0.1, 0.15) is 36.8 Å². The average molecular weight is 610 g/mol. The van der Waals surface area contributed by atoms with E-state index in [0.29, 0.717) is 24.7 Å². The zero-order valence-corrected chi connectivity index (χ0v) is 24.9. The standard InChI is InChI=1S/C32H36FN3O6S/c1-43(39,40)36(26-15-16-29-30(20-26)42-18-17-41-29)22-31(37)35(21-24-11-5-8-14-27(24)33)28(19-23-9-3-2-4-10-23)32(38)34-25-12-6-7-13-25/h2-5,8-11,14-16,20,25,28H,6-7,12-13,17-19,21-22H2,1H3,(H,34,38)/t28-/m1/s1. The number of amides is 2. The zero-order valence-electron chi connectivity index (χ0n) is 24.1. The second-order valence-corrected chi connectivity index (χ2v) is 12.8. The minimum atomic E-state index is -3.96. The molecule has 1 aliphatic heterocycles. The van der Waals surface area contributed by atoms with Gasteiger partial charge in [-0.25, -0.2) is 12.8 Å². The van der Waals surface area contributed by atoms with Crippen LogP contribution in [-0.4, -0.2) is 63.2 Å². The zero-order chi connectivity index (χ0) is 30.4. The van der Waals surface area contributed by atoms with Gasteiger partial charge in [-0.05, 0) is 36.6 Å². The third-order valence-electron chi connectivity index (χ3n) is 7.76. The van der Waals surface area contributed by atoms with E-state index < -0.39 is 34.3 Å². The summed E-state index contributed by atoms with van der Waals surface area (Å²) in [5.74, 6) is -0.688. The van der Waals surface area contributed by atoms with Crippen LogP contribution < -0.4 is 19.1 Å². The lowest BCUT2D eigenvalue weighted by Crippen LogP contribution is -2.54. The molecule has 1 fully saturated rings. The number of nitrogens with zero attached hydrogens (tertiary/aromatic N) is 2. The van der Waals surface area contributed by atoms with Gasteiger partial charge in [0.1, 0.15) is 31.6 Å². The topological polar surface area (TPSA) is 105 Å². The van der Waals surface area contributed by atoms with Gasteiger partial charge in [-0.15, -0.1) is 0 Å². The summed E-state index contributed by atoms with van der Waals surface area (Å²) in [6.07, 6.45) is 4.87. The molecule has 0 aromatic heterocycles. The SMILES string of the molecule is CS(=O)(=O)N(CC(=O)N(Cc1ccccc1F)[C@H](Cc1ccccc1)C(=O)NC1CCCC1)c1ccc2c(c1)OCCO2. The second kappa shape index (κ2) is 13.5. The highest BCUT2D eigenvalue weighted by Crippen LogP contribution is 2.35. The van der Waals surface area contributed by atoms with Crippen LogP contribution >= 0.6 is 0 Å². The van der Waals surface area contributed by atoms with Crippen molar-refractivity contribution in [2.45, 2.75) is 50.7 Å². The lowest BCUT2D eigenvalue weighted by atomic mass is 10.0. The summed E-state index contributed by atoms with van der Waals surface area (Å²) in [7, 11) is -3.96. The number of halogens is 1. The maximum atomic E-state index is 14.9. The molecule has 1 heterocycles. The van der Waals surface area contributed by atoms with Gasteiger partial charge in [-0.3, -0.25) is 13.9 Å². The van der Waals surface area contributed by atoms with E-state index in [4.69, 9.17) is 9.47 Å². The molecule has 1 atom stereocenters. The second-order valence-electron chi connectivity index (χ2n) is 10.9. The number of ether oxygens (including phenoxy) is 2. The van der Waals surface area contributed by atoms with E-state index in [1.807, 2.05) is 30.3 Å². The maximum Gasteiger partial charge on any atom is 0.244 e. The van der Waals surface area contributed by atoms with Crippen molar-refractivity contribution in [3.8, 4) is 11.5 Å². The van der Waals surface area contributed by atoms with Crippen molar-refractivity contribution in [2.24, 2.45) is 0 Å². The highest BCUT2D eigenvalue weighted by Gasteiger charge is 2.35. The van der Waals surface area contributed by atoms with E-state index in [2.05, 4.69) is 5.32 Å². The van der Waals surface area contributed by atoms with Crippen molar-refractivity contribution in [2.75, 3.05) is 30.3 Å². The van der Waals surface area contributed by atoms with E-state index in [1.54, 1.807) is 24.3 Å². The predicted octanol–water partition coefficient (Wildman–Crippen LogP) is 4.06. The Kier molecular flexibility index (Phi) is 9.49. The number of carbonyl (C=O) groups is 2. The van der Waals surface area contributed by atoms with Gasteiger partial charge in [-0.1, -0.05) is 61.4 Å². The number of hydrogen-bond acceptors (Lipinski definition) is 6. The summed E-state index contributed by atoms with van der Waals surface area (Å²) in [6, 6.07) is 18.9. The summed E-state index contributed by atoms with van der Waals surface area (Å²) in [5.41, 5.74) is 1.24. The van der Waals surface area contributed by atoms with Gasteiger partial charge in [0, 0.05) is 30.6 Å². The van der Waals surface area contributed by atoms with Crippen molar-refractivity contribution < 1.29 is 31.9 Å². The van der Waals surface area contributed by atoms with E-state index in [-0.39, 0.29) is 36.2 Å². The molecule has 0 radical (unpaired) electrons. The Bertz CT molecular complexity index is 1550. The van der Waals surface area contributed by atoms with E-state index >= 15 is 0 Å². The Hall–Kier alpha value is -4.12. The van der Waals surface area contributed by atoms with E-state index in [0.717, 1.165) is 41.8 Å². The molecule has 0 spiro atoms. The fourth-order valence-electron chi connectivity index (χ4n) is 5.53. The lowest BCUT2D eigenvalue weighted by Gasteiger charge is -2.34. The molecule has 43 heavy (non-hydrogen) atoms. The normalized spacial score (nSPS) is 15.5. The maximum absolute atomic E-state index is 14.9. The van der Waals surface area contributed by atoms with Gasteiger partial charge in [0.05, 0.1) is 11.9 Å². The fraction of sp³-hybridized carbons (Fsp3) is 0.375. The highest BCUT2D eigenvalue weighted by molar-refractivity contribution is 7.92. The minimum absolute atomic E-state index is 0.0126. The monoisotopic (exact) mass is 609 g/mol. The van der Waals surface area contributed by atoms with Gasteiger partial charge in [0.2, 0.25) is 21.8 Å². The molecule has 1 aliphatic carbocycles. The number of fused-ring (bicyclic) bond motifs is 1. The van der Waals surface area contributed by atoms with Crippen LogP contribution in [0, 0.1) is 5.82 Å². The first-order valence-corrected chi connectivity index (χ1v) is 16.3. The molecule has 0 bridgehead atoms. The Morgan fingerprint density at radius 1 is 0.953 bits per heavy atom. The van der Waals surface area contributed by atoms with Gasteiger partial charge in [-0.2, -0.15) is 0 Å². The Morgan fingerprint density at radius 3 is 2.33 bits per heavy atom. The van der Waals surface area contributed by atoms with Crippen LogP contribution in [0.3, 0.4) is 0 Å². The smallest absolute Gasteiger partial charge is 0.244 e. The summed E-state index contributed by atoms with van der Waals surface area (Å²) < 4.78 is 53.2. The molecule has 3 aromatic carbocycles. The third kappa shape index (κ3) is 7.64. The number of hydrogen-bond donors (Lipinski definition) is 1. The molecule has 9 nitrogen and oxygen atoms in total. The van der Waals surface area contributed by atoms with Crippen molar-refractivity contribution in [1.82, 2.24) is 10.2 Å². The highest BCUT2D eigenvalue weighted by atomic mass is 32.2. The summed E-state index contributed by atoms with van der Waals surface area (Å²) in [4.78, 5) is 29.4. The van der Waals surface area contributed by atoms with Crippen LogP contribution in [0.4, 0.5) is 10.1 Å². The molecule has 1 N–H and O–H groups in total. The first-order chi connectivity index (χ1) is 20.7. The van der Waals surface area contributed by atoms with Crippen molar-refractivity contribution in [3.05, 3.63) is 89.7 Å². The van der Waals surface area contributed by atoms with Crippen LogP contribution in [0.2, 0.25) is 0 Å². The van der Waals surface area contributed by atoms with E-state index in [9.17, 15) is 22.4 Å². The largest absolute Gasteiger partial charge is 0.486 e. The summed E-state index contributed by atoms with van der Waals surface area (Å²) in [6.45, 7) is -0.145. The van der Waals surface area contributed by atoms with Crippen LogP contribution in [0.25, 0.3) is 0 Å². The molecule has 2 amide bonds. The molecule has 0 saturated heterocycles. The molecule has 1 saturated carbocycles. The Labute approximate surface area is 251 Å². The Morgan fingerprint density at radius 2 is 1.63 bits per heavy atom. The molecule has 3 aromatic rings.